The maximum absolute atomic E-state index is 12.1. The topological polar surface area (TPSA) is 98.8 Å². The summed E-state index contributed by atoms with van der Waals surface area (Å²) in [5.74, 6) is 0.360. The maximum Gasteiger partial charge on any atom is 0.223 e. The molecule has 0 unspecified atom stereocenters. The number of hydrogen-bond acceptors (Lipinski definition) is 6. The Morgan fingerprint density at radius 1 is 1.14 bits per heavy atom. The standard InChI is InChI=1S/C28H33N7O/c1-3-29-28(36)20-9-12-35(13-10-20)14-11-30-23-16-22-15-21(7-8-24(22)31-17-23)26-27(33-18-32-26)25-6-4-5-19(2)34-25/h4-8,15-18,20,30H,3,9-14H2,1-2H3,(H,29,36)(H,32,33). The molecule has 1 aliphatic rings. The zero-order valence-electron chi connectivity index (χ0n) is 20.9. The number of piperidine rings is 1. The van der Waals surface area contributed by atoms with Crippen LogP contribution in [0.15, 0.2) is 55.0 Å². The highest BCUT2D eigenvalue weighted by atomic mass is 16.1. The minimum atomic E-state index is 0.157. The van der Waals surface area contributed by atoms with Crippen molar-refractivity contribution >= 4 is 22.5 Å². The summed E-state index contributed by atoms with van der Waals surface area (Å²) in [5, 5.41) is 7.53. The number of amides is 1. The Bertz CT molecular complexity index is 1340. The molecule has 1 aromatic carbocycles. The SMILES string of the molecule is CCNC(=O)C1CCN(CCNc2cnc3ccc(-c4nc[nH]c4-c4cccc(C)n4)cc3c2)CC1. The fourth-order valence-electron chi connectivity index (χ4n) is 4.86. The molecule has 0 saturated carbocycles. The predicted molar refractivity (Wildman–Crippen MR) is 144 cm³/mol. The number of nitrogens with zero attached hydrogens (tertiary/aromatic N) is 4. The van der Waals surface area contributed by atoms with Crippen molar-refractivity contribution in [3.05, 3.63) is 60.7 Å². The Labute approximate surface area is 211 Å². The summed E-state index contributed by atoms with van der Waals surface area (Å²) < 4.78 is 0. The van der Waals surface area contributed by atoms with Gasteiger partial charge in [0, 0.05) is 42.2 Å². The average molecular weight is 484 g/mol. The largest absolute Gasteiger partial charge is 0.382 e. The van der Waals surface area contributed by atoms with Gasteiger partial charge in [-0.05, 0) is 70.1 Å². The summed E-state index contributed by atoms with van der Waals surface area (Å²) in [6.07, 6.45) is 5.47. The van der Waals surface area contributed by atoms with E-state index >= 15 is 0 Å². The number of nitrogens with one attached hydrogen (secondary N) is 3. The lowest BCUT2D eigenvalue weighted by atomic mass is 9.96. The number of rotatable bonds is 8. The smallest absolute Gasteiger partial charge is 0.223 e. The van der Waals surface area contributed by atoms with E-state index in [9.17, 15) is 4.79 Å². The number of benzene rings is 1. The number of likely N-dealkylation sites (tertiary alicyclic amines) is 1. The van der Waals surface area contributed by atoms with Crippen molar-refractivity contribution < 1.29 is 4.79 Å². The highest BCUT2D eigenvalue weighted by molar-refractivity contribution is 5.88. The maximum atomic E-state index is 12.1. The van der Waals surface area contributed by atoms with Crippen molar-refractivity contribution in [2.75, 3.05) is 38.0 Å². The Morgan fingerprint density at radius 2 is 2.00 bits per heavy atom. The minimum Gasteiger partial charge on any atom is -0.382 e. The van der Waals surface area contributed by atoms with Crippen LogP contribution in [0.4, 0.5) is 5.69 Å². The molecule has 8 heteroatoms. The van der Waals surface area contributed by atoms with Gasteiger partial charge in [0.05, 0.1) is 40.8 Å². The molecule has 0 aliphatic carbocycles. The summed E-state index contributed by atoms with van der Waals surface area (Å²) in [6, 6.07) is 14.4. The van der Waals surface area contributed by atoms with Crippen LogP contribution in [-0.2, 0) is 4.79 Å². The van der Waals surface area contributed by atoms with Gasteiger partial charge in [-0.3, -0.25) is 14.8 Å². The number of imidazole rings is 1. The predicted octanol–water partition coefficient (Wildman–Crippen LogP) is 4.26. The normalized spacial score (nSPS) is 14.7. The van der Waals surface area contributed by atoms with Crippen LogP contribution in [0.25, 0.3) is 33.5 Å². The van der Waals surface area contributed by atoms with Gasteiger partial charge >= 0.3 is 0 Å². The number of pyridine rings is 2. The molecule has 3 aromatic heterocycles. The third-order valence-corrected chi connectivity index (χ3v) is 6.81. The highest BCUT2D eigenvalue weighted by Crippen LogP contribution is 2.30. The third-order valence-electron chi connectivity index (χ3n) is 6.81. The van der Waals surface area contributed by atoms with E-state index in [0.29, 0.717) is 6.54 Å². The second-order valence-corrected chi connectivity index (χ2v) is 9.36. The molecule has 1 saturated heterocycles. The van der Waals surface area contributed by atoms with Crippen LogP contribution < -0.4 is 10.6 Å². The summed E-state index contributed by atoms with van der Waals surface area (Å²) in [7, 11) is 0. The van der Waals surface area contributed by atoms with Gasteiger partial charge in [-0.15, -0.1) is 0 Å². The summed E-state index contributed by atoms with van der Waals surface area (Å²) >= 11 is 0. The quantitative estimate of drug-likeness (QED) is 0.346. The second kappa shape index (κ2) is 10.9. The van der Waals surface area contributed by atoms with Gasteiger partial charge in [0.1, 0.15) is 0 Å². The van der Waals surface area contributed by atoms with Crippen molar-refractivity contribution in [3.8, 4) is 22.6 Å². The van der Waals surface area contributed by atoms with E-state index in [0.717, 1.165) is 84.0 Å². The van der Waals surface area contributed by atoms with Gasteiger partial charge in [-0.1, -0.05) is 12.1 Å². The second-order valence-electron chi connectivity index (χ2n) is 9.36. The molecule has 4 heterocycles. The molecule has 4 aromatic rings. The van der Waals surface area contributed by atoms with Gasteiger partial charge < -0.3 is 20.5 Å². The zero-order valence-corrected chi connectivity index (χ0v) is 20.9. The molecule has 0 bridgehead atoms. The summed E-state index contributed by atoms with van der Waals surface area (Å²) in [5.41, 5.74) is 6.61. The van der Waals surface area contributed by atoms with Crippen LogP contribution in [-0.4, -0.2) is 63.5 Å². The van der Waals surface area contributed by atoms with Crippen molar-refractivity contribution in [3.63, 3.8) is 0 Å². The van der Waals surface area contributed by atoms with Crippen LogP contribution in [0.5, 0.6) is 0 Å². The lowest BCUT2D eigenvalue weighted by Gasteiger charge is -2.31. The monoisotopic (exact) mass is 483 g/mol. The van der Waals surface area contributed by atoms with E-state index < -0.39 is 0 Å². The highest BCUT2D eigenvalue weighted by Gasteiger charge is 2.24. The Morgan fingerprint density at radius 3 is 2.81 bits per heavy atom. The minimum absolute atomic E-state index is 0.157. The molecule has 1 amide bonds. The number of carbonyl (C=O) groups excluding carboxylic acids is 1. The Hall–Kier alpha value is -3.78. The molecule has 8 nitrogen and oxygen atoms in total. The van der Waals surface area contributed by atoms with Crippen molar-refractivity contribution in [2.45, 2.75) is 26.7 Å². The molecule has 5 rings (SSSR count). The molecule has 1 aliphatic heterocycles. The van der Waals surface area contributed by atoms with Crippen LogP contribution >= 0.6 is 0 Å². The number of carbonyl (C=O) groups is 1. The number of fused-ring (bicyclic) bond motifs is 1. The number of aromatic amines is 1. The molecule has 0 atom stereocenters. The molecule has 1 fully saturated rings. The number of hydrogen-bond donors (Lipinski definition) is 3. The fourth-order valence-corrected chi connectivity index (χ4v) is 4.86. The molecular weight excluding hydrogens is 450 g/mol. The zero-order chi connectivity index (χ0) is 24.9. The molecule has 186 valence electrons. The average Bonchev–Trinajstić information content (AvgIpc) is 3.39. The van der Waals surface area contributed by atoms with E-state index in [2.05, 4.69) is 53.7 Å². The number of H-pyrrole nitrogens is 1. The van der Waals surface area contributed by atoms with Gasteiger partial charge in [0.15, 0.2) is 0 Å². The first kappa shape index (κ1) is 23.9. The number of aryl methyl sites for hydroxylation is 1. The third kappa shape index (κ3) is 5.39. The van der Waals surface area contributed by atoms with Gasteiger partial charge in [0.2, 0.25) is 5.91 Å². The first-order valence-corrected chi connectivity index (χ1v) is 12.7. The molecular formula is C28H33N7O. The van der Waals surface area contributed by atoms with E-state index in [1.54, 1.807) is 6.33 Å². The molecule has 0 radical (unpaired) electrons. The molecule has 3 N–H and O–H groups in total. The fraction of sp³-hybridized carbons (Fsp3) is 0.357. The van der Waals surface area contributed by atoms with Gasteiger partial charge in [-0.2, -0.15) is 0 Å². The lowest BCUT2D eigenvalue weighted by Crippen LogP contribution is -2.41. The Balaban J connectivity index is 1.23. The Kier molecular flexibility index (Phi) is 7.23. The van der Waals surface area contributed by atoms with Crippen molar-refractivity contribution in [1.82, 2.24) is 30.2 Å². The number of anilines is 1. The van der Waals surface area contributed by atoms with E-state index in [1.807, 2.05) is 44.3 Å². The van der Waals surface area contributed by atoms with Gasteiger partial charge in [0.25, 0.3) is 0 Å². The van der Waals surface area contributed by atoms with Crippen LogP contribution in [0.2, 0.25) is 0 Å². The van der Waals surface area contributed by atoms with Crippen LogP contribution in [0.1, 0.15) is 25.5 Å². The van der Waals surface area contributed by atoms with Gasteiger partial charge in [-0.25, -0.2) is 4.98 Å². The van der Waals surface area contributed by atoms with Crippen LogP contribution in [0, 0.1) is 12.8 Å². The number of aromatic nitrogens is 4. The van der Waals surface area contributed by atoms with E-state index in [4.69, 9.17) is 0 Å². The van der Waals surface area contributed by atoms with Crippen molar-refractivity contribution in [2.24, 2.45) is 5.92 Å². The molecule has 0 spiro atoms. The van der Waals surface area contributed by atoms with Crippen LogP contribution in [0.3, 0.4) is 0 Å². The lowest BCUT2D eigenvalue weighted by molar-refractivity contribution is -0.126. The first-order valence-electron chi connectivity index (χ1n) is 12.7. The summed E-state index contributed by atoms with van der Waals surface area (Å²) in [6.45, 7) is 8.37. The van der Waals surface area contributed by atoms with E-state index in [1.165, 1.54) is 0 Å². The molecule has 36 heavy (non-hydrogen) atoms. The summed E-state index contributed by atoms with van der Waals surface area (Å²) in [4.78, 5) is 31.6. The van der Waals surface area contributed by atoms with Crippen molar-refractivity contribution in [1.29, 1.82) is 0 Å². The van der Waals surface area contributed by atoms with E-state index in [-0.39, 0.29) is 11.8 Å². The first-order chi connectivity index (χ1) is 17.6.